The van der Waals surface area contributed by atoms with Gasteiger partial charge in [0.1, 0.15) is 6.61 Å². The van der Waals surface area contributed by atoms with Gasteiger partial charge in [0, 0.05) is 12.8 Å². The summed E-state index contributed by atoms with van der Waals surface area (Å²) in [6.07, 6.45) is 101. The average molecular weight is 1010 g/mol. The molecule has 0 heterocycles. The summed E-state index contributed by atoms with van der Waals surface area (Å²) in [7, 11) is 0. The van der Waals surface area contributed by atoms with Crippen LogP contribution in [0.2, 0.25) is 0 Å². The van der Waals surface area contributed by atoms with E-state index in [0.29, 0.717) is 12.8 Å². The predicted octanol–water partition coefficient (Wildman–Crippen LogP) is 19.9. The number of carbonyl (C=O) groups is 2. The van der Waals surface area contributed by atoms with Gasteiger partial charge in [-0.15, -0.1) is 0 Å². The molecule has 74 heavy (non-hydrogen) atoms. The molecule has 0 bridgehead atoms. The van der Waals surface area contributed by atoms with Crippen LogP contribution in [0, 0.1) is 0 Å². The molecule has 5 heteroatoms. The monoisotopic (exact) mass is 1010 g/mol. The minimum absolute atomic E-state index is 0.112. The zero-order chi connectivity index (χ0) is 53.4. The van der Waals surface area contributed by atoms with Crippen molar-refractivity contribution in [2.75, 3.05) is 13.2 Å². The molecule has 0 aromatic rings. The molecule has 0 aliphatic heterocycles. The van der Waals surface area contributed by atoms with E-state index in [2.05, 4.69) is 220 Å². The van der Waals surface area contributed by atoms with Crippen LogP contribution >= 0.6 is 0 Å². The van der Waals surface area contributed by atoms with Gasteiger partial charge in [-0.1, -0.05) is 240 Å². The molecule has 408 valence electrons. The minimum Gasteiger partial charge on any atom is -0.462 e. The molecule has 0 radical (unpaired) electrons. The normalized spacial score (nSPS) is 13.8. The summed E-state index contributed by atoms with van der Waals surface area (Å²) in [5.41, 5.74) is 0. The number of esters is 2. The number of hydrogen-bond acceptors (Lipinski definition) is 5. The summed E-state index contributed by atoms with van der Waals surface area (Å²) in [4.78, 5) is 24.5. The average Bonchev–Trinajstić information content (AvgIpc) is 3.40. The summed E-state index contributed by atoms with van der Waals surface area (Å²) >= 11 is 0. The SMILES string of the molecule is CC/C=C\C/C=C\C/C=C\C/C=C\C/C=C\C/C=C\C/C=C\C/C=C\C/C=C\C/C=C\C/C=C\CCCCCCCC(=O)OC(CO)COC(=O)CCCC/C=C\C/C=C\C/C=C\C/C=C\C/C=C\C/C=C\CC. The zero-order valence-electron chi connectivity index (χ0n) is 46.5. The maximum absolute atomic E-state index is 12.3. The van der Waals surface area contributed by atoms with Crippen molar-refractivity contribution in [1.82, 2.24) is 0 Å². The van der Waals surface area contributed by atoms with Crippen molar-refractivity contribution in [2.45, 2.75) is 200 Å². The summed E-state index contributed by atoms with van der Waals surface area (Å²) in [5.74, 6) is -0.684. The highest BCUT2D eigenvalue weighted by Gasteiger charge is 2.16. The Labute approximate surface area is 453 Å². The fourth-order valence-electron chi connectivity index (χ4n) is 6.85. The lowest BCUT2D eigenvalue weighted by molar-refractivity contribution is -0.161. The van der Waals surface area contributed by atoms with Crippen LogP contribution in [0.5, 0.6) is 0 Å². The molecule has 0 aromatic carbocycles. The van der Waals surface area contributed by atoms with Crippen molar-refractivity contribution in [3.8, 4) is 0 Å². The van der Waals surface area contributed by atoms with Gasteiger partial charge in [-0.3, -0.25) is 9.59 Å². The van der Waals surface area contributed by atoms with Crippen molar-refractivity contribution in [1.29, 1.82) is 0 Å². The van der Waals surface area contributed by atoms with Crippen LogP contribution in [-0.2, 0) is 19.1 Å². The highest BCUT2D eigenvalue weighted by molar-refractivity contribution is 5.70. The number of allylic oxidation sites excluding steroid dienone is 34. The molecule has 0 spiro atoms. The summed E-state index contributed by atoms with van der Waals surface area (Å²) in [6.45, 7) is 3.83. The van der Waals surface area contributed by atoms with Crippen LogP contribution in [0.3, 0.4) is 0 Å². The molecule has 1 N–H and O–H groups in total. The molecule has 0 aromatic heterocycles. The Kier molecular flexibility index (Phi) is 57.2. The third-order valence-corrected chi connectivity index (χ3v) is 11.1. The van der Waals surface area contributed by atoms with Crippen molar-refractivity contribution in [3.63, 3.8) is 0 Å². The van der Waals surface area contributed by atoms with Crippen LogP contribution in [0.15, 0.2) is 207 Å². The zero-order valence-corrected chi connectivity index (χ0v) is 46.5. The third kappa shape index (κ3) is 59.0. The quantitative estimate of drug-likeness (QED) is 0.0373. The van der Waals surface area contributed by atoms with E-state index in [4.69, 9.17) is 9.47 Å². The predicted molar refractivity (Wildman–Crippen MR) is 324 cm³/mol. The third-order valence-electron chi connectivity index (χ3n) is 11.1. The second kappa shape index (κ2) is 61.8. The van der Waals surface area contributed by atoms with Gasteiger partial charge in [-0.25, -0.2) is 0 Å². The molecule has 0 saturated carbocycles. The van der Waals surface area contributed by atoms with Gasteiger partial charge in [0.05, 0.1) is 6.61 Å². The largest absolute Gasteiger partial charge is 0.462 e. The maximum atomic E-state index is 12.3. The van der Waals surface area contributed by atoms with Crippen LogP contribution in [0.4, 0.5) is 0 Å². The molecule has 1 unspecified atom stereocenters. The van der Waals surface area contributed by atoms with Gasteiger partial charge in [0.2, 0.25) is 0 Å². The standard InChI is InChI=1S/C69H102O5/c1-3-5-7-9-11-13-15-17-19-21-23-25-26-27-28-29-30-31-32-33-34-35-36-37-38-39-40-41-42-44-46-48-50-52-54-56-58-60-62-64-69(72)74-67(65-70)66-73-68(71)63-61-59-57-55-53-51-49-47-45-43-24-22-20-18-16-14-12-10-8-6-4-2/h5-8,11-14,17-20,23-25,27-28,30-31,33-34,36-37,39-40,42-44,47-50,53,55,67,70H,3-4,9-10,15-16,21-22,26,29,32,35,38,41,45-46,51-52,54,56-66H2,1-2H3/b7-5-,8-6-,13-11-,14-12-,19-17-,20-18-,25-23-,28-27-,31-30-,34-33-,37-36-,40-39-,43-24-,44-42-,49-47-,50-48-,55-53-. The first-order valence-electron chi connectivity index (χ1n) is 28.6. The summed E-state index contributed by atoms with van der Waals surface area (Å²) in [6, 6.07) is 0. The first-order chi connectivity index (χ1) is 36.6. The Hall–Kier alpha value is -5.52. The van der Waals surface area contributed by atoms with Crippen LogP contribution in [0.1, 0.15) is 194 Å². The second-order valence-electron chi connectivity index (χ2n) is 17.9. The van der Waals surface area contributed by atoms with E-state index in [0.717, 1.165) is 167 Å². The Morgan fingerprint density at radius 3 is 0.838 bits per heavy atom. The molecule has 0 aliphatic carbocycles. The number of hydrogen-bond donors (Lipinski definition) is 1. The number of aliphatic hydroxyl groups excluding tert-OH is 1. The van der Waals surface area contributed by atoms with Gasteiger partial charge >= 0.3 is 11.9 Å². The van der Waals surface area contributed by atoms with E-state index in [1.165, 1.54) is 0 Å². The molecular weight excluding hydrogens is 909 g/mol. The van der Waals surface area contributed by atoms with Crippen LogP contribution in [0.25, 0.3) is 0 Å². The Morgan fingerprint density at radius 2 is 0.541 bits per heavy atom. The number of aliphatic hydroxyl groups is 1. The summed E-state index contributed by atoms with van der Waals surface area (Å²) in [5, 5.41) is 9.64. The van der Waals surface area contributed by atoms with Gasteiger partial charge in [-0.05, 0) is 148 Å². The van der Waals surface area contributed by atoms with E-state index in [1.54, 1.807) is 0 Å². The lowest BCUT2D eigenvalue weighted by atomic mass is 10.1. The van der Waals surface area contributed by atoms with Gasteiger partial charge in [0.25, 0.3) is 0 Å². The second-order valence-corrected chi connectivity index (χ2v) is 17.9. The van der Waals surface area contributed by atoms with E-state index < -0.39 is 6.10 Å². The molecular formula is C69H102O5. The number of ether oxygens (including phenoxy) is 2. The molecule has 0 amide bonds. The van der Waals surface area contributed by atoms with Gasteiger partial charge in [0.15, 0.2) is 6.10 Å². The van der Waals surface area contributed by atoms with E-state index in [9.17, 15) is 14.7 Å². The van der Waals surface area contributed by atoms with Crippen molar-refractivity contribution < 1.29 is 24.2 Å². The minimum atomic E-state index is -0.819. The maximum Gasteiger partial charge on any atom is 0.306 e. The molecule has 0 fully saturated rings. The highest BCUT2D eigenvalue weighted by atomic mass is 16.6. The lowest BCUT2D eigenvalue weighted by Crippen LogP contribution is -2.28. The fraction of sp³-hybridized carbons (Fsp3) is 0.478. The fourth-order valence-corrected chi connectivity index (χ4v) is 6.85. The topological polar surface area (TPSA) is 72.8 Å². The van der Waals surface area contributed by atoms with Crippen molar-refractivity contribution >= 4 is 11.9 Å². The van der Waals surface area contributed by atoms with Crippen molar-refractivity contribution in [2.24, 2.45) is 0 Å². The molecule has 1 atom stereocenters. The van der Waals surface area contributed by atoms with Crippen LogP contribution < -0.4 is 0 Å². The van der Waals surface area contributed by atoms with E-state index in [-0.39, 0.29) is 25.2 Å². The highest BCUT2D eigenvalue weighted by Crippen LogP contribution is 2.11. The molecule has 0 rings (SSSR count). The Balaban J connectivity index is 3.73. The molecule has 5 nitrogen and oxygen atoms in total. The van der Waals surface area contributed by atoms with E-state index >= 15 is 0 Å². The van der Waals surface area contributed by atoms with E-state index in [1.807, 2.05) is 0 Å². The van der Waals surface area contributed by atoms with Crippen LogP contribution in [-0.4, -0.2) is 36.4 Å². The first-order valence-corrected chi connectivity index (χ1v) is 28.6. The van der Waals surface area contributed by atoms with Crippen molar-refractivity contribution in [3.05, 3.63) is 207 Å². The molecule has 0 saturated heterocycles. The summed E-state index contributed by atoms with van der Waals surface area (Å²) < 4.78 is 10.6. The lowest BCUT2D eigenvalue weighted by Gasteiger charge is -2.15. The number of rotatable bonds is 49. The molecule has 0 aliphatic rings. The number of unbranched alkanes of at least 4 members (excludes halogenated alkanes) is 7. The Bertz CT molecular complexity index is 1810. The number of carbonyl (C=O) groups excluding carboxylic acids is 2. The Morgan fingerprint density at radius 1 is 0.311 bits per heavy atom. The van der Waals surface area contributed by atoms with Gasteiger partial charge < -0.3 is 14.6 Å². The first kappa shape index (κ1) is 68.5. The van der Waals surface area contributed by atoms with Gasteiger partial charge in [-0.2, -0.15) is 0 Å². The smallest absolute Gasteiger partial charge is 0.306 e.